The maximum Gasteiger partial charge on any atom is 0.217 e. The SMILES string of the molecule is CC(=O)N[C@@H]1C(O)O[C@H](CO)[C@@H](O)[C@@H]1O[C@@H]1O[C@H](CO)[C@@H](O)[C@H](O)[C@@H]1O[C@@H]1O[C@H](CO)[C@@H](O)[C@H](O)[C@@H]1O[C@@H]1O[C@H](CO)[C@@H](O)[C@H](O[C@H]2O[C@H](CO)[C@@H](O)[C@H](O)[C@H]2O)[C@@H]1O[C@@H]1O[C@H](CO)[C@@H](O)[C@H](O)[C@@H]1O. The molecule has 0 spiro atoms. The summed E-state index contributed by atoms with van der Waals surface area (Å²) < 4.78 is 63.4. The number of amides is 1. The lowest BCUT2D eigenvalue weighted by Gasteiger charge is -2.51. The lowest BCUT2D eigenvalue weighted by Crippen LogP contribution is -2.70. The summed E-state index contributed by atoms with van der Waals surface area (Å²) in [5.74, 6) is -0.786. The first kappa shape index (κ1) is 57.5. The third-order valence-electron chi connectivity index (χ3n) is 12.8. The van der Waals surface area contributed by atoms with Crippen molar-refractivity contribution in [2.75, 3.05) is 39.6 Å². The molecule has 6 aliphatic heterocycles. The van der Waals surface area contributed by atoms with Crippen molar-refractivity contribution in [1.82, 2.24) is 5.32 Å². The fourth-order valence-electron chi connectivity index (χ4n) is 8.84. The maximum atomic E-state index is 12.2. The van der Waals surface area contributed by atoms with E-state index < -0.39 is 230 Å². The van der Waals surface area contributed by atoms with Crippen molar-refractivity contribution in [3.05, 3.63) is 0 Å². The molecular weight excluding hydrogens is 966 g/mol. The molecule has 6 saturated heterocycles. The van der Waals surface area contributed by atoms with E-state index in [1.54, 1.807) is 0 Å². The molecule has 20 N–H and O–H groups in total. The van der Waals surface area contributed by atoms with Gasteiger partial charge >= 0.3 is 0 Å². The molecule has 0 aromatic rings. The summed E-state index contributed by atoms with van der Waals surface area (Å²) in [6.45, 7) is -5.01. The average molecular weight is 1030 g/mol. The van der Waals surface area contributed by atoms with E-state index in [9.17, 15) is 102 Å². The average Bonchev–Trinajstić information content (AvgIpc) is 3.34. The van der Waals surface area contributed by atoms with Gasteiger partial charge in [-0.1, -0.05) is 0 Å². The third-order valence-corrected chi connectivity index (χ3v) is 12.8. The number of rotatable bonds is 17. The van der Waals surface area contributed by atoms with Crippen molar-refractivity contribution in [3.63, 3.8) is 0 Å². The smallest absolute Gasteiger partial charge is 0.217 e. The van der Waals surface area contributed by atoms with E-state index in [2.05, 4.69) is 5.32 Å². The molecule has 0 radical (unpaired) electrons. The van der Waals surface area contributed by atoms with Crippen LogP contribution in [0.2, 0.25) is 0 Å². The van der Waals surface area contributed by atoms with Crippen LogP contribution in [0.4, 0.5) is 0 Å². The zero-order valence-electron chi connectivity index (χ0n) is 37.0. The maximum absolute atomic E-state index is 12.2. The Morgan fingerprint density at radius 1 is 0.343 bits per heavy atom. The summed E-state index contributed by atoms with van der Waals surface area (Å²) in [5, 5.41) is 205. The second kappa shape index (κ2) is 24.7. The Morgan fingerprint density at radius 2 is 0.629 bits per heavy atom. The Morgan fingerprint density at radius 3 is 1.01 bits per heavy atom. The molecule has 1 amide bonds. The van der Waals surface area contributed by atoms with Gasteiger partial charge in [0.05, 0.1) is 39.6 Å². The van der Waals surface area contributed by atoms with Crippen LogP contribution < -0.4 is 5.32 Å². The summed E-state index contributed by atoms with van der Waals surface area (Å²) >= 11 is 0. The predicted octanol–water partition coefficient (Wildman–Crippen LogP) is -14.0. The van der Waals surface area contributed by atoms with E-state index >= 15 is 0 Å². The number of ether oxygens (including phenoxy) is 11. The highest BCUT2D eigenvalue weighted by atomic mass is 16.8. The Kier molecular flexibility index (Phi) is 20.3. The van der Waals surface area contributed by atoms with Crippen LogP contribution in [-0.4, -0.2) is 327 Å². The van der Waals surface area contributed by atoms with Gasteiger partial charge in [-0.3, -0.25) is 4.79 Å². The summed E-state index contributed by atoms with van der Waals surface area (Å²) in [5.41, 5.74) is 0. The van der Waals surface area contributed by atoms with Crippen LogP contribution in [-0.2, 0) is 56.9 Å². The Balaban J connectivity index is 1.38. The molecule has 0 bridgehead atoms. The molecule has 0 aromatic carbocycles. The molecule has 1 unspecified atom stereocenters. The molecule has 6 rings (SSSR count). The molecule has 408 valence electrons. The minimum absolute atomic E-state index is 0.786. The molecule has 32 nitrogen and oxygen atoms in total. The highest BCUT2D eigenvalue weighted by molar-refractivity contribution is 5.73. The van der Waals surface area contributed by atoms with Crippen molar-refractivity contribution >= 4 is 5.91 Å². The van der Waals surface area contributed by atoms with Gasteiger partial charge in [0.1, 0.15) is 146 Å². The van der Waals surface area contributed by atoms with Gasteiger partial charge in [-0.05, 0) is 0 Å². The van der Waals surface area contributed by atoms with Crippen LogP contribution in [0.25, 0.3) is 0 Å². The van der Waals surface area contributed by atoms with E-state index in [4.69, 9.17) is 52.1 Å². The van der Waals surface area contributed by atoms with Crippen molar-refractivity contribution in [1.29, 1.82) is 0 Å². The Hall–Kier alpha value is -1.73. The first-order chi connectivity index (χ1) is 33.2. The lowest BCUT2D eigenvalue weighted by atomic mass is 9.94. The summed E-state index contributed by atoms with van der Waals surface area (Å²) in [6, 6.07) is -1.65. The van der Waals surface area contributed by atoms with E-state index in [0.29, 0.717) is 0 Å². The molecule has 0 aliphatic carbocycles. The minimum atomic E-state index is -2.30. The quantitative estimate of drug-likeness (QED) is 0.0643. The number of hydrogen-bond acceptors (Lipinski definition) is 31. The second-order valence-electron chi connectivity index (χ2n) is 17.5. The monoisotopic (exact) mass is 1030 g/mol. The van der Waals surface area contributed by atoms with E-state index in [-0.39, 0.29) is 0 Å². The number of hydrogen-bond donors (Lipinski definition) is 20. The zero-order chi connectivity index (χ0) is 51.6. The van der Waals surface area contributed by atoms with Crippen molar-refractivity contribution < 1.29 is 154 Å². The minimum Gasteiger partial charge on any atom is -0.394 e. The van der Waals surface area contributed by atoms with Crippen LogP contribution in [0, 0.1) is 0 Å². The van der Waals surface area contributed by atoms with Gasteiger partial charge in [0.2, 0.25) is 5.91 Å². The summed E-state index contributed by atoms with van der Waals surface area (Å²) in [7, 11) is 0. The number of aliphatic hydroxyl groups is 19. The first-order valence-corrected chi connectivity index (χ1v) is 22.1. The second-order valence-corrected chi connectivity index (χ2v) is 17.5. The van der Waals surface area contributed by atoms with E-state index in [1.807, 2.05) is 0 Å². The molecule has 32 heteroatoms. The van der Waals surface area contributed by atoms with E-state index in [0.717, 1.165) is 6.92 Å². The third kappa shape index (κ3) is 11.9. The predicted molar refractivity (Wildman–Crippen MR) is 211 cm³/mol. The molecule has 70 heavy (non-hydrogen) atoms. The molecule has 0 saturated carbocycles. The van der Waals surface area contributed by atoms with Gasteiger partial charge < -0.3 is 154 Å². The largest absolute Gasteiger partial charge is 0.394 e. The van der Waals surface area contributed by atoms with Crippen LogP contribution in [0.1, 0.15) is 6.92 Å². The van der Waals surface area contributed by atoms with E-state index in [1.165, 1.54) is 0 Å². The van der Waals surface area contributed by atoms with Crippen LogP contribution >= 0.6 is 0 Å². The van der Waals surface area contributed by atoms with Crippen LogP contribution in [0.5, 0.6) is 0 Å². The molecule has 6 heterocycles. The Labute approximate surface area is 395 Å². The van der Waals surface area contributed by atoms with Gasteiger partial charge in [-0.15, -0.1) is 0 Å². The number of aliphatic hydroxyl groups excluding tert-OH is 19. The first-order valence-electron chi connectivity index (χ1n) is 22.1. The molecule has 6 fully saturated rings. The normalized spacial score (nSPS) is 51.5. The van der Waals surface area contributed by atoms with Crippen molar-refractivity contribution in [2.45, 2.75) is 191 Å². The van der Waals surface area contributed by atoms with Gasteiger partial charge in [0.15, 0.2) is 37.7 Å². The molecule has 6 aliphatic rings. The summed E-state index contributed by atoms with van der Waals surface area (Å²) in [4.78, 5) is 12.2. The molecule has 0 aromatic heterocycles. The van der Waals surface area contributed by atoms with Gasteiger partial charge in [-0.25, -0.2) is 0 Å². The fourth-order valence-corrected chi connectivity index (χ4v) is 8.84. The number of carbonyl (C=O) groups excluding carboxylic acids is 1. The summed E-state index contributed by atoms with van der Waals surface area (Å²) in [6.07, 6.45) is -58.7. The molecule has 30 atom stereocenters. The van der Waals surface area contributed by atoms with Crippen LogP contribution in [0.15, 0.2) is 0 Å². The lowest BCUT2D eigenvalue weighted by molar-refractivity contribution is -0.418. The topological polar surface area (TPSA) is 515 Å². The number of carbonyl (C=O) groups is 1. The fraction of sp³-hybridized carbons (Fsp3) is 0.974. The molecular formula is C38H65NO31. The standard InChI is InChI=1S/C38H65NO31/c1-8(46)39-15-28(20(51)13(6-44)60-33(15)59)66-36-30(24(55)18(49)11(4-42)63-36)68-37-31(25(56)19(50)12(5-43)64-37)69-38-32(70-35-27(58)23(54)17(48)10(3-41)62-35)29(21(52)14(7-45)65-38)67-34-26(57)22(53)16(47)9(2-40)61-34/h9-38,40-45,47-59H,2-7H2,1H3,(H,39,46)/t9-,10-,11-,12-,13-,14-,15+,16-,17-,18-,19-,20-,21-,22+,23+,24+,25+,26-,27+,28-,29+,30+,31+,32+,33?,34-,35+,36+,37+,38+/m1/s1. The van der Waals surface area contributed by atoms with Gasteiger partial charge in [0.25, 0.3) is 0 Å². The van der Waals surface area contributed by atoms with Crippen molar-refractivity contribution in [2.24, 2.45) is 0 Å². The van der Waals surface area contributed by atoms with Crippen LogP contribution in [0.3, 0.4) is 0 Å². The van der Waals surface area contributed by atoms with Crippen molar-refractivity contribution in [3.8, 4) is 0 Å². The highest BCUT2D eigenvalue weighted by Gasteiger charge is 2.59. The Bertz CT molecular complexity index is 1630. The number of nitrogens with one attached hydrogen (secondary N) is 1. The zero-order valence-corrected chi connectivity index (χ0v) is 37.0. The van der Waals surface area contributed by atoms with Gasteiger partial charge in [-0.2, -0.15) is 0 Å². The highest BCUT2D eigenvalue weighted by Crippen LogP contribution is 2.38. The van der Waals surface area contributed by atoms with Gasteiger partial charge in [0, 0.05) is 6.92 Å².